The number of hydrogen-bond acceptors (Lipinski definition) is 4. The predicted molar refractivity (Wildman–Crippen MR) is 72.5 cm³/mol. The number of hydrogen-bond donors (Lipinski definition) is 2. The molecule has 17 heavy (non-hydrogen) atoms. The third-order valence-electron chi connectivity index (χ3n) is 3.48. The second-order valence-electron chi connectivity index (χ2n) is 4.96. The lowest BCUT2D eigenvalue weighted by molar-refractivity contribution is 0.206. The largest absolute Gasteiger partial charge is 0.382 e. The number of anilines is 2. The standard InChI is InChI=1S/C13H22N4/c1-10-9-17(3)7-5-12(10)16-11-4-6-15-13(8-11)14-2/h4,6,8,10,12H,5,7,9H2,1-3H3,(H2,14,15,16). The summed E-state index contributed by atoms with van der Waals surface area (Å²) in [5.41, 5.74) is 1.16. The molecule has 1 saturated heterocycles. The van der Waals surface area contributed by atoms with E-state index in [1.165, 1.54) is 19.5 Å². The van der Waals surface area contributed by atoms with Gasteiger partial charge in [0.25, 0.3) is 0 Å². The first-order valence-corrected chi connectivity index (χ1v) is 6.28. The first kappa shape index (κ1) is 12.2. The van der Waals surface area contributed by atoms with Crippen LogP contribution in [0, 0.1) is 5.92 Å². The fraction of sp³-hybridized carbons (Fsp3) is 0.615. The molecule has 2 rings (SSSR count). The summed E-state index contributed by atoms with van der Waals surface area (Å²) < 4.78 is 0. The van der Waals surface area contributed by atoms with Gasteiger partial charge in [0.1, 0.15) is 5.82 Å². The fourth-order valence-electron chi connectivity index (χ4n) is 2.44. The average molecular weight is 234 g/mol. The Morgan fingerprint density at radius 2 is 2.29 bits per heavy atom. The van der Waals surface area contributed by atoms with E-state index in [2.05, 4.69) is 40.6 Å². The van der Waals surface area contributed by atoms with Gasteiger partial charge in [0.2, 0.25) is 0 Å². The molecule has 0 radical (unpaired) electrons. The third kappa shape index (κ3) is 3.09. The molecule has 1 fully saturated rings. The molecule has 0 amide bonds. The first-order valence-electron chi connectivity index (χ1n) is 6.28. The summed E-state index contributed by atoms with van der Waals surface area (Å²) in [4.78, 5) is 6.62. The van der Waals surface area contributed by atoms with Crippen molar-refractivity contribution < 1.29 is 0 Å². The summed E-state index contributed by atoms with van der Waals surface area (Å²) in [6.07, 6.45) is 3.04. The second-order valence-corrected chi connectivity index (χ2v) is 4.96. The highest BCUT2D eigenvalue weighted by molar-refractivity contribution is 5.52. The molecule has 2 heterocycles. The summed E-state index contributed by atoms with van der Waals surface area (Å²) in [5.74, 6) is 1.59. The Bertz CT molecular complexity index is 366. The van der Waals surface area contributed by atoms with Crippen molar-refractivity contribution in [2.45, 2.75) is 19.4 Å². The van der Waals surface area contributed by atoms with Crippen molar-refractivity contribution in [1.29, 1.82) is 0 Å². The third-order valence-corrected chi connectivity index (χ3v) is 3.48. The molecule has 1 aromatic heterocycles. The normalized spacial score (nSPS) is 25.6. The highest BCUT2D eigenvalue weighted by Gasteiger charge is 2.23. The fourth-order valence-corrected chi connectivity index (χ4v) is 2.44. The van der Waals surface area contributed by atoms with Crippen LogP contribution >= 0.6 is 0 Å². The van der Waals surface area contributed by atoms with Crippen LogP contribution in [0.15, 0.2) is 18.3 Å². The van der Waals surface area contributed by atoms with Crippen molar-refractivity contribution in [2.24, 2.45) is 5.92 Å². The summed E-state index contributed by atoms with van der Waals surface area (Å²) in [6.45, 7) is 4.65. The van der Waals surface area contributed by atoms with Crippen LogP contribution in [0.4, 0.5) is 11.5 Å². The number of likely N-dealkylation sites (tertiary alicyclic amines) is 1. The van der Waals surface area contributed by atoms with E-state index in [9.17, 15) is 0 Å². The van der Waals surface area contributed by atoms with Crippen molar-refractivity contribution in [3.05, 3.63) is 18.3 Å². The molecular formula is C13H22N4. The number of pyridine rings is 1. The van der Waals surface area contributed by atoms with Crippen LogP contribution in [0.25, 0.3) is 0 Å². The summed E-state index contributed by atoms with van der Waals surface area (Å²) in [5, 5.41) is 6.68. The van der Waals surface area contributed by atoms with Gasteiger partial charge in [0.05, 0.1) is 0 Å². The van der Waals surface area contributed by atoms with Crippen molar-refractivity contribution in [2.75, 3.05) is 37.8 Å². The van der Waals surface area contributed by atoms with E-state index in [1.54, 1.807) is 0 Å². The Morgan fingerprint density at radius 1 is 1.47 bits per heavy atom. The van der Waals surface area contributed by atoms with Crippen molar-refractivity contribution >= 4 is 11.5 Å². The molecule has 1 aliphatic heterocycles. The Kier molecular flexibility index (Phi) is 3.84. The second kappa shape index (κ2) is 5.36. The minimum atomic E-state index is 0.568. The topological polar surface area (TPSA) is 40.2 Å². The molecule has 0 aliphatic carbocycles. The van der Waals surface area contributed by atoms with Gasteiger partial charge in [0, 0.05) is 37.6 Å². The smallest absolute Gasteiger partial charge is 0.127 e. The van der Waals surface area contributed by atoms with E-state index in [1.807, 2.05) is 19.3 Å². The Labute approximate surface area is 103 Å². The molecule has 2 atom stereocenters. The van der Waals surface area contributed by atoms with E-state index >= 15 is 0 Å². The quantitative estimate of drug-likeness (QED) is 0.837. The zero-order chi connectivity index (χ0) is 12.3. The van der Waals surface area contributed by atoms with Gasteiger partial charge in [-0.3, -0.25) is 0 Å². The molecule has 94 valence electrons. The lowest BCUT2D eigenvalue weighted by atomic mass is 9.94. The van der Waals surface area contributed by atoms with Crippen LogP contribution in [0.2, 0.25) is 0 Å². The highest BCUT2D eigenvalue weighted by Crippen LogP contribution is 2.21. The van der Waals surface area contributed by atoms with Crippen LogP contribution in [-0.4, -0.2) is 43.1 Å². The van der Waals surface area contributed by atoms with Crippen molar-refractivity contribution in [3.63, 3.8) is 0 Å². The molecule has 0 aromatic carbocycles. The Hall–Kier alpha value is -1.29. The van der Waals surface area contributed by atoms with E-state index in [0.29, 0.717) is 12.0 Å². The lowest BCUT2D eigenvalue weighted by Gasteiger charge is -2.35. The van der Waals surface area contributed by atoms with Crippen LogP contribution < -0.4 is 10.6 Å². The van der Waals surface area contributed by atoms with Gasteiger partial charge >= 0.3 is 0 Å². The maximum Gasteiger partial charge on any atom is 0.127 e. The SMILES string of the molecule is CNc1cc(NC2CCN(C)CC2C)ccn1. The molecule has 2 unspecified atom stereocenters. The molecular weight excluding hydrogens is 212 g/mol. The Balaban J connectivity index is 2.00. The Morgan fingerprint density at radius 3 is 3.00 bits per heavy atom. The molecule has 4 heteroatoms. The van der Waals surface area contributed by atoms with Gasteiger partial charge in [0.15, 0.2) is 0 Å². The highest BCUT2D eigenvalue weighted by atomic mass is 15.1. The summed E-state index contributed by atoms with van der Waals surface area (Å²) in [7, 11) is 4.09. The van der Waals surface area contributed by atoms with Gasteiger partial charge in [-0.15, -0.1) is 0 Å². The van der Waals surface area contributed by atoms with E-state index in [0.717, 1.165) is 11.5 Å². The van der Waals surface area contributed by atoms with Gasteiger partial charge in [-0.2, -0.15) is 0 Å². The maximum absolute atomic E-state index is 4.22. The van der Waals surface area contributed by atoms with E-state index in [4.69, 9.17) is 0 Å². The molecule has 1 aliphatic rings. The van der Waals surface area contributed by atoms with Crippen LogP contribution in [0.3, 0.4) is 0 Å². The zero-order valence-electron chi connectivity index (χ0n) is 10.9. The number of aromatic nitrogens is 1. The number of nitrogens with zero attached hydrogens (tertiary/aromatic N) is 2. The molecule has 4 nitrogen and oxygen atoms in total. The van der Waals surface area contributed by atoms with Crippen molar-refractivity contribution in [3.8, 4) is 0 Å². The number of nitrogens with one attached hydrogen (secondary N) is 2. The van der Waals surface area contributed by atoms with E-state index in [-0.39, 0.29) is 0 Å². The summed E-state index contributed by atoms with van der Waals surface area (Å²) >= 11 is 0. The first-order chi connectivity index (χ1) is 8.19. The average Bonchev–Trinajstić information content (AvgIpc) is 2.33. The van der Waals surface area contributed by atoms with Crippen molar-refractivity contribution in [1.82, 2.24) is 9.88 Å². The molecule has 2 N–H and O–H groups in total. The molecule has 0 bridgehead atoms. The molecule has 0 saturated carbocycles. The summed E-state index contributed by atoms with van der Waals surface area (Å²) in [6, 6.07) is 4.66. The minimum Gasteiger partial charge on any atom is -0.382 e. The minimum absolute atomic E-state index is 0.568. The zero-order valence-corrected chi connectivity index (χ0v) is 10.9. The van der Waals surface area contributed by atoms with Gasteiger partial charge in [-0.25, -0.2) is 4.98 Å². The maximum atomic E-state index is 4.22. The van der Waals surface area contributed by atoms with Gasteiger partial charge in [-0.05, 0) is 32.0 Å². The lowest BCUT2D eigenvalue weighted by Crippen LogP contribution is -2.43. The number of rotatable bonds is 3. The van der Waals surface area contributed by atoms with E-state index < -0.39 is 0 Å². The van der Waals surface area contributed by atoms with Gasteiger partial charge in [-0.1, -0.05) is 6.92 Å². The van der Waals surface area contributed by atoms with Crippen LogP contribution in [0.5, 0.6) is 0 Å². The van der Waals surface area contributed by atoms with Crippen LogP contribution in [0.1, 0.15) is 13.3 Å². The molecule has 0 spiro atoms. The van der Waals surface area contributed by atoms with Gasteiger partial charge < -0.3 is 15.5 Å². The predicted octanol–water partition coefficient (Wildman–Crippen LogP) is 1.88. The molecule has 1 aromatic rings. The monoisotopic (exact) mass is 234 g/mol. The number of piperidine rings is 1. The van der Waals surface area contributed by atoms with Crippen LogP contribution in [-0.2, 0) is 0 Å².